The molecule has 1 aliphatic rings. The Hall–Kier alpha value is -3.35. The van der Waals surface area contributed by atoms with Gasteiger partial charge >= 0.3 is 6.09 Å². The summed E-state index contributed by atoms with van der Waals surface area (Å²) >= 11 is 0. The topological polar surface area (TPSA) is 88.0 Å². The van der Waals surface area contributed by atoms with E-state index in [2.05, 4.69) is 29.6 Å². The summed E-state index contributed by atoms with van der Waals surface area (Å²) in [6.07, 6.45) is -2.45. The van der Waals surface area contributed by atoms with Crippen molar-refractivity contribution in [2.75, 3.05) is 13.2 Å². The fraction of sp³-hybridized carbons (Fsp3) is 0.345. The molecule has 0 saturated carbocycles. The molecule has 2 atom stereocenters. The summed E-state index contributed by atoms with van der Waals surface area (Å²) in [6.45, 7) is 6.30. The van der Waals surface area contributed by atoms with Gasteiger partial charge in [0.05, 0.1) is 6.10 Å². The molecule has 0 spiro atoms. The molecular weight excluding hydrogens is 442 g/mol. The van der Waals surface area contributed by atoms with E-state index in [0.29, 0.717) is 11.3 Å². The lowest BCUT2D eigenvalue weighted by Gasteiger charge is -2.22. The van der Waals surface area contributed by atoms with Crippen molar-refractivity contribution in [3.8, 4) is 16.9 Å². The van der Waals surface area contributed by atoms with Crippen molar-refractivity contribution < 1.29 is 24.5 Å². The average molecular weight is 476 g/mol. The van der Waals surface area contributed by atoms with E-state index in [9.17, 15) is 15.0 Å². The zero-order valence-electron chi connectivity index (χ0n) is 20.4. The molecule has 3 aromatic rings. The first kappa shape index (κ1) is 24.8. The van der Waals surface area contributed by atoms with Crippen LogP contribution in [0.1, 0.15) is 55.9 Å². The second-order valence-corrected chi connectivity index (χ2v) is 9.84. The second kappa shape index (κ2) is 10.5. The van der Waals surface area contributed by atoms with Gasteiger partial charge in [0.2, 0.25) is 0 Å². The van der Waals surface area contributed by atoms with Gasteiger partial charge in [0.1, 0.15) is 24.1 Å². The maximum atomic E-state index is 12.3. The standard InChI is InChI=1S/C29H33NO5/c1-29(2,3)35-20-14-12-19(13-15-20)27(32)26(31)16-17-30-28(33)34-18-25-23-10-6-4-8-21(23)22-9-5-7-11-24(22)25/h4-15,25-27,31-32H,16-18H2,1-3H3,(H,30,33). The van der Waals surface area contributed by atoms with Gasteiger partial charge in [-0.2, -0.15) is 0 Å². The number of nitrogens with one attached hydrogen (secondary N) is 1. The predicted molar refractivity (Wildman–Crippen MR) is 135 cm³/mol. The summed E-state index contributed by atoms with van der Waals surface area (Å²) in [4.78, 5) is 12.3. The largest absolute Gasteiger partial charge is 0.488 e. The number of amides is 1. The lowest BCUT2D eigenvalue weighted by atomic mass is 9.98. The first-order valence-electron chi connectivity index (χ1n) is 12.0. The number of rotatable bonds is 8. The summed E-state index contributed by atoms with van der Waals surface area (Å²) in [5.41, 5.74) is 4.92. The molecule has 1 aliphatic carbocycles. The first-order chi connectivity index (χ1) is 16.7. The van der Waals surface area contributed by atoms with Crippen molar-refractivity contribution >= 4 is 6.09 Å². The van der Waals surface area contributed by atoms with Crippen LogP contribution in [0.3, 0.4) is 0 Å². The van der Waals surface area contributed by atoms with Crippen LogP contribution in [0.2, 0.25) is 0 Å². The molecule has 1 amide bonds. The lowest BCUT2D eigenvalue weighted by molar-refractivity contribution is 0.0136. The molecule has 0 radical (unpaired) electrons. The van der Waals surface area contributed by atoms with Gasteiger partial charge in [-0.3, -0.25) is 0 Å². The molecule has 0 aliphatic heterocycles. The molecule has 0 saturated heterocycles. The van der Waals surface area contributed by atoms with Crippen molar-refractivity contribution in [2.24, 2.45) is 0 Å². The molecule has 184 valence electrons. The van der Waals surface area contributed by atoms with Crippen LogP contribution < -0.4 is 10.1 Å². The van der Waals surface area contributed by atoms with Gasteiger partial charge in [0.25, 0.3) is 0 Å². The highest BCUT2D eigenvalue weighted by Gasteiger charge is 2.29. The van der Waals surface area contributed by atoms with E-state index in [1.54, 1.807) is 24.3 Å². The molecule has 4 rings (SSSR count). The third-order valence-electron chi connectivity index (χ3n) is 6.06. The zero-order chi connectivity index (χ0) is 25.0. The van der Waals surface area contributed by atoms with Crippen LogP contribution in [0.25, 0.3) is 11.1 Å². The number of aliphatic hydroxyl groups is 2. The molecule has 0 bridgehead atoms. The van der Waals surface area contributed by atoms with Crippen LogP contribution >= 0.6 is 0 Å². The third kappa shape index (κ3) is 6.02. The number of ether oxygens (including phenoxy) is 2. The fourth-order valence-electron chi connectivity index (χ4n) is 4.44. The fourth-order valence-corrected chi connectivity index (χ4v) is 4.44. The molecule has 6 heteroatoms. The van der Waals surface area contributed by atoms with Gasteiger partial charge in [0.15, 0.2) is 0 Å². The average Bonchev–Trinajstić information content (AvgIpc) is 3.15. The van der Waals surface area contributed by atoms with E-state index in [4.69, 9.17) is 9.47 Å². The zero-order valence-corrected chi connectivity index (χ0v) is 20.4. The maximum Gasteiger partial charge on any atom is 0.407 e. The molecule has 3 aromatic carbocycles. The second-order valence-electron chi connectivity index (χ2n) is 9.84. The van der Waals surface area contributed by atoms with Crippen molar-refractivity contribution in [3.63, 3.8) is 0 Å². The van der Waals surface area contributed by atoms with Crippen molar-refractivity contribution in [2.45, 2.75) is 50.9 Å². The third-order valence-corrected chi connectivity index (χ3v) is 6.06. The highest BCUT2D eigenvalue weighted by atomic mass is 16.5. The van der Waals surface area contributed by atoms with Gasteiger partial charge in [-0.15, -0.1) is 0 Å². The molecule has 0 fully saturated rings. The van der Waals surface area contributed by atoms with E-state index < -0.39 is 18.3 Å². The van der Waals surface area contributed by atoms with Gasteiger partial charge in [-0.1, -0.05) is 60.7 Å². The van der Waals surface area contributed by atoms with Gasteiger partial charge in [0, 0.05) is 12.5 Å². The molecule has 6 nitrogen and oxygen atoms in total. The molecule has 35 heavy (non-hydrogen) atoms. The summed E-state index contributed by atoms with van der Waals surface area (Å²) in [5.74, 6) is 0.686. The molecule has 2 unspecified atom stereocenters. The molecule has 0 heterocycles. The Bertz CT molecular complexity index is 1110. The van der Waals surface area contributed by atoms with Gasteiger partial charge in [-0.25, -0.2) is 4.79 Å². The Morgan fingerprint density at radius 3 is 2.06 bits per heavy atom. The highest BCUT2D eigenvalue weighted by Crippen LogP contribution is 2.44. The van der Waals surface area contributed by atoms with Gasteiger partial charge < -0.3 is 25.0 Å². The van der Waals surface area contributed by atoms with Crippen LogP contribution in [0.15, 0.2) is 72.8 Å². The van der Waals surface area contributed by atoms with Crippen LogP contribution in [-0.2, 0) is 4.74 Å². The van der Waals surface area contributed by atoms with Crippen molar-refractivity contribution in [1.29, 1.82) is 0 Å². The summed E-state index contributed by atoms with van der Waals surface area (Å²) in [6, 6.07) is 23.3. The summed E-state index contributed by atoms with van der Waals surface area (Å²) < 4.78 is 11.3. The van der Waals surface area contributed by atoms with E-state index in [1.807, 2.05) is 45.0 Å². The number of alkyl carbamates (subject to hydrolysis) is 1. The van der Waals surface area contributed by atoms with Crippen LogP contribution in [0.5, 0.6) is 5.75 Å². The minimum atomic E-state index is -1.07. The predicted octanol–water partition coefficient (Wildman–Crippen LogP) is 5.19. The Morgan fingerprint density at radius 2 is 1.49 bits per heavy atom. The number of hydrogen-bond acceptors (Lipinski definition) is 5. The molecule has 0 aromatic heterocycles. The molecular formula is C29H33NO5. The van der Waals surface area contributed by atoms with E-state index in [1.165, 1.54) is 11.1 Å². The van der Waals surface area contributed by atoms with E-state index in [-0.39, 0.29) is 31.1 Å². The Balaban J connectivity index is 1.25. The first-order valence-corrected chi connectivity index (χ1v) is 12.0. The lowest BCUT2D eigenvalue weighted by Crippen LogP contribution is -2.30. The van der Waals surface area contributed by atoms with E-state index >= 15 is 0 Å². The minimum absolute atomic E-state index is 0.00852. The smallest absolute Gasteiger partial charge is 0.407 e. The van der Waals surface area contributed by atoms with Gasteiger partial charge in [-0.05, 0) is 67.1 Å². The summed E-state index contributed by atoms with van der Waals surface area (Å²) in [7, 11) is 0. The Labute approximate surface area is 206 Å². The van der Waals surface area contributed by atoms with Crippen LogP contribution in [-0.4, -0.2) is 41.2 Å². The maximum absolute atomic E-state index is 12.3. The van der Waals surface area contributed by atoms with E-state index in [0.717, 1.165) is 11.1 Å². The Kier molecular flexibility index (Phi) is 7.43. The number of aliphatic hydroxyl groups excluding tert-OH is 2. The number of carbonyl (C=O) groups is 1. The normalized spacial score (nSPS) is 14.5. The summed E-state index contributed by atoms with van der Waals surface area (Å²) in [5, 5.41) is 23.5. The number of carbonyl (C=O) groups excluding carboxylic acids is 1. The number of hydrogen-bond donors (Lipinski definition) is 3. The number of fused-ring (bicyclic) bond motifs is 3. The van der Waals surface area contributed by atoms with Crippen molar-refractivity contribution in [3.05, 3.63) is 89.5 Å². The monoisotopic (exact) mass is 475 g/mol. The van der Waals surface area contributed by atoms with Crippen LogP contribution in [0.4, 0.5) is 4.79 Å². The quantitative estimate of drug-likeness (QED) is 0.417. The molecule has 3 N–H and O–H groups in total. The Morgan fingerprint density at radius 1 is 0.914 bits per heavy atom. The van der Waals surface area contributed by atoms with Crippen molar-refractivity contribution in [1.82, 2.24) is 5.32 Å². The minimum Gasteiger partial charge on any atom is -0.488 e. The number of benzene rings is 3. The SMILES string of the molecule is CC(C)(C)Oc1ccc(C(O)C(O)CCNC(=O)OCC2c3ccccc3-c3ccccc32)cc1. The van der Waals surface area contributed by atoms with Crippen LogP contribution in [0, 0.1) is 0 Å². The highest BCUT2D eigenvalue weighted by molar-refractivity contribution is 5.79.